The van der Waals surface area contributed by atoms with Crippen molar-refractivity contribution >= 4 is 21.6 Å². The molecule has 0 radical (unpaired) electrons. The van der Waals surface area contributed by atoms with Gasteiger partial charge in [0.1, 0.15) is 0 Å². The zero-order valence-electron chi connectivity index (χ0n) is 11.6. The lowest BCUT2D eigenvalue weighted by atomic mass is 10.5. The highest BCUT2D eigenvalue weighted by molar-refractivity contribution is 9.10. The Morgan fingerprint density at radius 2 is 2.75 bits per heavy atom. The van der Waals surface area contributed by atoms with Crippen LogP contribution >= 0.6 is 15.9 Å². The highest BCUT2D eigenvalue weighted by atomic mass is 79.9. The predicted octanol–water partition coefficient (Wildman–Crippen LogP) is 1.50. The second-order valence-corrected chi connectivity index (χ2v) is 2.71. The van der Waals surface area contributed by atoms with Gasteiger partial charge in [-0.1, -0.05) is 0 Å². The number of hydrogen-bond donors (Lipinski definition) is 0. The minimum absolute atomic E-state index is 0.0906. The van der Waals surface area contributed by atoms with E-state index in [9.17, 15) is 0 Å². The Balaban J connectivity index is 2.69. The maximum atomic E-state index is 7.68. The molecule has 0 atom stereocenters. The van der Waals surface area contributed by atoms with Gasteiger partial charge < -0.3 is 4.74 Å². The lowest BCUT2D eigenvalue weighted by Gasteiger charge is -2.00. The molecule has 0 spiro atoms. The van der Waals surface area contributed by atoms with Gasteiger partial charge in [0.05, 0.1) is 19.7 Å². The summed E-state index contributed by atoms with van der Waals surface area (Å²) >= 11 is 3.05. The topological polar surface area (TPSA) is 39.4 Å². The van der Waals surface area contributed by atoms with Crippen molar-refractivity contribution in [2.24, 2.45) is 0 Å². The molecule has 0 aromatic carbocycles. The van der Waals surface area contributed by atoms with Crippen LogP contribution in [0, 0.1) is 0 Å². The SMILES string of the molecule is [2H]c1nc2c(Br)c([2H])c(OC([2H])([2H])[2H])nn2c1[2H]. The summed E-state index contributed by atoms with van der Waals surface area (Å²) < 4.78 is 49.1. The molecule has 0 saturated heterocycles. The second kappa shape index (κ2) is 2.75. The summed E-state index contributed by atoms with van der Waals surface area (Å²) in [6.07, 6.45) is -0.644. The standard InChI is InChI=1S/C7H6BrN3O/c1-12-6-4-5(8)7-9-2-3-11(7)10-6/h2-4H,1H3/i1D3,2D,3D,4D. The van der Waals surface area contributed by atoms with E-state index in [0.717, 1.165) is 4.52 Å². The molecule has 2 rings (SSSR count). The van der Waals surface area contributed by atoms with E-state index in [1.54, 1.807) is 0 Å². The Morgan fingerprint density at radius 3 is 3.58 bits per heavy atom. The van der Waals surface area contributed by atoms with Gasteiger partial charge in [0.15, 0.2) is 5.65 Å². The smallest absolute Gasteiger partial charge is 0.232 e. The molecule has 0 bridgehead atoms. The van der Waals surface area contributed by atoms with Crippen LogP contribution in [0.2, 0.25) is 0 Å². The van der Waals surface area contributed by atoms with Gasteiger partial charge in [-0.2, -0.15) is 0 Å². The van der Waals surface area contributed by atoms with Gasteiger partial charge in [-0.15, -0.1) is 5.10 Å². The molecule has 4 nitrogen and oxygen atoms in total. The molecule has 2 aromatic heterocycles. The van der Waals surface area contributed by atoms with E-state index >= 15 is 0 Å². The third-order valence-corrected chi connectivity index (χ3v) is 1.77. The van der Waals surface area contributed by atoms with Gasteiger partial charge in [-0.25, -0.2) is 9.50 Å². The van der Waals surface area contributed by atoms with Crippen molar-refractivity contribution in [3.8, 4) is 5.88 Å². The molecule has 0 fully saturated rings. The van der Waals surface area contributed by atoms with E-state index in [4.69, 9.17) is 8.22 Å². The van der Waals surface area contributed by atoms with Crippen LogP contribution in [0.5, 0.6) is 5.88 Å². The number of methoxy groups -OCH3 is 1. The quantitative estimate of drug-likeness (QED) is 0.750. The first-order valence-corrected chi connectivity index (χ1v) is 3.71. The van der Waals surface area contributed by atoms with Crippen LogP contribution in [0.3, 0.4) is 0 Å². The van der Waals surface area contributed by atoms with E-state index in [0.29, 0.717) is 0 Å². The van der Waals surface area contributed by atoms with Crippen LogP contribution in [0.25, 0.3) is 5.65 Å². The summed E-state index contributed by atoms with van der Waals surface area (Å²) in [5.74, 6) is -0.458. The Morgan fingerprint density at radius 1 is 1.83 bits per heavy atom. The van der Waals surface area contributed by atoms with Gasteiger partial charge in [0.25, 0.3) is 0 Å². The third-order valence-electron chi connectivity index (χ3n) is 1.22. The van der Waals surface area contributed by atoms with Crippen molar-refractivity contribution in [1.29, 1.82) is 0 Å². The fourth-order valence-electron chi connectivity index (χ4n) is 0.752. The molecule has 0 N–H and O–H groups in total. The van der Waals surface area contributed by atoms with E-state index in [-0.39, 0.29) is 28.5 Å². The number of fused-ring (bicyclic) bond motifs is 1. The zero-order chi connectivity index (χ0) is 13.7. The van der Waals surface area contributed by atoms with Crippen molar-refractivity contribution in [3.05, 3.63) is 22.9 Å². The van der Waals surface area contributed by atoms with Crippen LogP contribution in [0.15, 0.2) is 22.9 Å². The van der Waals surface area contributed by atoms with Gasteiger partial charge in [-0.3, -0.25) is 0 Å². The Hall–Kier alpha value is -1.10. The first kappa shape index (κ1) is 3.33. The first-order valence-electron chi connectivity index (χ1n) is 5.92. The van der Waals surface area contributed by atoms with E-state index in [2.05, 4.69) is 30.7 Å². The molecule has 5 heteroatoms. The summed E-state index contributed by atoms with van der Waals surface area (Å²) in [4.78, 5) is 3.73. The van der Waals surface area contributed by atoms with E-state index in [1.165, 1.54) is 0 Å². The lowest BCUT2D eigenvalue weighted by Crippen LogP contribution is -1.95. The van der Waals surface area contributed by atoms with Crippen molar-refractivity contribution in [3.63, 3.8) is 0 Å². The third kappa shape index (κ3) is 1.06. The highest BCUT2D eigenvalue weighted by Gasteiger charge is 2.03. The molecule has 0 aliphatic rings. The molecule has 2 aromatic rings. The number of imidazole rings is 1. The average Bonchev–Trinajstić information content (AvgIpc) is 2.51. The molecule has 0 unspecified atom stereocenters. The molecule has 62 valence electrons. The molecule has 0 amide bonds. The summed E-state index contributed by atoms with van der Waals surface area (Å²) in [5, 5.41) is 3.69. The van der Waals surface area contributed by atoms with E-state index < -0.39 is 12.9 Å². The second-order valence-electron chi connectivity index (χ2n) is 1.92. The molecular formula is C7H6BrN3O. The summed E-state index contributed by atoms with van der Waals surface area (Å²) in [6, 6.07) is -0.302. The maximum Gasteiger partial charge on any atom is 0.232 e. The monoisotopic (exact) mass is 233 g/mol. The van der Waals surface area contributed by atoms with Crippen molar-refractivity contribution in [2.45, 2.75) is 0 Å². The summed E-state index contributed by atoms with van der Waals surface area (Å²) in [5.41, 5.74) is 0.0906. The minimum atomic E-state index is -2.75. The zero-order valence-corrected chi connectivity index (χ0v) is 7.21. The molecular weight excluding hydrogens is 222 g/mol. The summed E-state index contributed by atoms with van der Waals surface area (Å²) in [6.45, 7) is 0. The molecule has 2 heterocycles. The Bertz CT molecular complexity index is 624. The van der Waals surface area contributed by atoms with Gasteiger partial charge in [-0.05, 0) is 15.9 Å². The number of hydrogen-bond acceptors (Lipinski definition) is 3. The number of ether oxygens (including phenoxy) is 1. The fraction of sp³-hybridized carbons (Fsp3) is 0.143. The number of aromatic nitrogens is 3. The highest BCUT2D eigenvalue weighted by Crippen LogP contribution is 2.19. The molecule has 0 aliphatic carbocycles. The van der Waals surface area contributed by atoms with E-state index in [1.807, 2.05) is 0 Å². The Labute approximate surface area is 85.7 Å². The number of rotatable bonds is 1. The van der Waals surface area contributed by atoms with Crippen LogP contribution in [-0.2, 0) is 0 Å². The van der Waals surface area contributed by atoms with Crippen molar-refractivity contribution < 1.29 is 13.0 Å². The van der Waals surface area contributed by atoms with Gasteiger partial charge in [0.2, 0.25) is 5.88 Å². The van der Waals surface area contributed by atoms with Gasteiger partial charge >= 0.3 is 0 Å². The summed E-state index contributed by atoms with van der Waals surface area (Å²) in [7, 11) is -2.75. The van der Waals surface area contributed by atoms with Crippen LogP contribution in [0.4, 0.5) is 0 Å². The normalized spacial score (nSPS) is 18.8. The molecule has 0 saturated carbocycles. The largest absolute Gasteiger partial charge is 0.480 e. The number of halogens is 1. The molecule has 0 aliphatic heterocycles. The van der Waals surface area contributed by atoms with Crippen molar-refractivity contribution in [1.82, 2.24) is 14.6 Å². The number of nitrogens with zero attached hydrogens (tertiary/aromatic N) is 3. The van der Waals surface area contributed by atoms with Crippen LogP contribution in [0.1, 0.15) is 8.22 Å². The first-order chi connectivity index (χ1) is 8.20. The van der Waals surface area contributed by atoms with Crippen molar-refractivity contribution in [2.75, 3.05) is 7.04 Å². The molecule has 12 heavy (non-hydrogen) atoms. The maximum absolute atomic E-state index is 7.68. The Kier molecular flexibility index (Phi) is 0.763. The minimum Gasteiger partial charge on any atom is -0.480 e. The van der Waals surface area contributed by atoms with Crippen LogP contribution in [-0.4, -0.2) is 21.6 Å². The van der Waals surface area contributed by atoms with Gasteiger partial charge in [0, 0.05) is 18.4 Å². The lowest BCUT2D eigenvalue weighted by molar-refractivity contribution is 0.389. The van der Waals surface area contributed by atoms with Crippen LogP contribution < -0.4 is 4.74 Å². The fourth-order valence-corrected chi connectivity index (χ4v) is 1.18. The average molecular weight is 234 g/mol. The predicted molar refractivity (Wildman–Crippen MR) is 47.2 cm³/mol.